The number of fused-ring (bicyclic) bond motifs is 3. The minimum atomic E-state index is -0.815. The van der Waals surface area contributed by atoms with Gasteiger partial charge in [0.05, 0.1) is 12.1 Å². The first kappa shape index (κ1) is 24.6. The number of amides is 1. The van der Waals surface area contributed by atoms with Crippen LogP contribution in [0, 0.1) is 17.8 Å². The van der Waals surface area contributed by atoms with E-state index >= 15 is 0 Å². The van der Waals surface area contributed by atoms with Gasteiger partial charge in [0.2, 0.25) is 11.9 Å². The van der Waals surface area contributed by atoms with Crippen molar-refractivity contribution in [3.8, 4) is 0 Å². The summed E-state index contributed by atoms with van der Waals surface area (Å²) in [7, 11) is 0. The van der Waals surface area contributed by atoms with Gasteiger partial charge in [-0.15, -0.1) is 0 Å². The van der Waals surface area contributed by atoms with Crippen LogP contribution in [0.4, 0.5) is 23.1 Å². The summed E-state index contributed by atoms with van der Waals surface area (Å²) < 4.78 is 0. The van der Waals surface area contributed by atoms with Crippen LogP contribution in [0.3, 0.4) is 0 Å². The highest BCUT2D eigenvalue weighted by molar-refractivity contribution is 6.32. The number of hydrogen-bond acceptors (Lipinski definition) is 6. The molecule has 1 fully saturated rings. The average Bonchev–Trinajstić information content (AvgIpc) is 3.39. The van der Waals surface area contributed by atoms with Crippen LogP contribution >= 0.6 is 11.6 Å². The van der Waals surface area contributed by atoms with Crippen molar-refractivity contribution in [1.29, 1.82) is 0 Å². The van der Waals surface area contributed by atoms with Crippen LogP contribution in [-0.4, -0.2) is 39.0 Å². The third kappa shape index (κ3) is 4.32. The van der Waals surface area contributed by atoms with Gasteiger partial charge in [-0.1, -0.05) is 43.7 Å². The molecule has 1 aromatic heterocycles. The van der Waals surface area contributed by atoms with Crippen molar-refractivity contribution in [2.45, 2.75) is 64.5 Å². The van der Waals surface area contributed by atoms with Gasteiger partial charge in [-0.3, -0.25) is 9.59 Å². The maximum atomic E-state index is 13.0. The number of carboxylic acids is 1. The number of hydrogen-bond donors (Lipinski definition) is 3. The first-order chi connectivity index (χ1) is 17.0. The van der Waals surface area contributed by atoms with Crippen molar-refractivity contribution < 1.29 is 14.7 Å². The summed E-state index contributed by atoms with van der Waals surface area (Å²) in [5.41, 5.74) is 2.66. The Kier molecular flexibility index (Phi) is 6.19. The zero-order valence-corrected chi connectivity index (χ0v) is 21.7. The molecule has 1 aliphatic heterocycles. The molecular formula is C27H32ClN5O3. The number of carboxylic acid groups (broad SMARTS) is 1. The van der Waals surface area contributed by atoms with E-state index in [1.54, 1.807) is 0 Å². The molecule has 9 heteroatoms. The van der Waals surface area contributed by atoms with Crippen LogP contribution < -0.4 is 15.5 Å². The van der Waals surface area contributed by atoms with E-state index in [-0.39, 0.29) is 35.2 Å². The second-order valence-corrected chi connectivity index (χ2v) is 11.4. The molecule has 1 saturated carbocycles. The van der Waals surface area contributed by atoms with Crippen LogP contribution in [0.5, 0.6) is 0 Å². The van der Waals surface area contributed by atoms with Crippen LogP contribution in [0.25, 0.3) is 0 Å². The number of rotatable bonds is 6. The van der Waals surface area contributed by atoms with Gasteiger partial charge in [0.15, 0.2) is 5.82 Å². The fraction of sp³-hybridized carbons (Fsp3) is 0.481. The molecule has 36 heavy (non-hydrogen) atoms. The molecule has 4 atom stereocenters. The van der Waals surface area contributed by atoms with Crippen molar-refractivity contribution in [2.75, 3.05) is 15.5 Å². The second-order valence-electron chi connectivity index (χ2n) is 11.0. The second kappa shape index (κ2) is 9.07. The zero-order chi connectivity index (χ0) is 25.8. The molecule has 1 aromatic carbocycles. The normalized spacial score (nSPS) is 26.2. The molecule has 1 amide bonds. The largest absolute Gasteiger partial charge is 0.481 e. The van der Waals surface area contributed by atoms with E-state index in [9.17, 15) is 14.7 Å². The summed E-state index contributed by atoms with van der Waals surface area (Å²) in [5, 5.41) is 16.6. The number of allylic oxidation sites excluding steroid dienone is 1. The van der Waals surface area contributed by atoms with E-state index in [1.165, 1.54) is 6.20 Å². The standard InChI is InChI=1S/C27H32ClN5O3/c1-14(2)33-20-12-17(7-8-18(20)27(3,4)10-9-21(33)34)30-26-29-13-19(28)24(32-26)31-23-16-6-5-15(11-16)22(23)25(35)36/h5-8,12-16,22-23H,9-11H2,1-4H3,(H,35,36)(H2,29,30,31,32)/t15-,16+,22+,23-/m1/s1. The van der Waals surface area contributed by atoms with Crippen molar-refractivity contribution in [1.82, 2.24) is 9.97 Å². The molecule has 2 aliphatic carbocycles. The van der Waals surface area contributed by atoms with Crippen LogP contribution in [0.2, 0.25) is 5.02 Å². The smallest absolute Gasteiger partial charge is 0.309 e. The molecule has 2 aromatic rings. The fourth-order valence-corrected chi connectivity index (χ4v) is 6.07. The lowest BCUT2D eigenvalue weighted by molar-refractivity contribution is -0.142. The summed E-state index contributed by atoms with van der Waals surface area (Å²) in [6.07, 6.45) is 7.71. The molecule has 8 nitrogen and oxygen atoms in total. The van der Waals surface area contributed by atoms with Crippen LogP contribution in [0.1, 0.15) is 52.5 Å². The van der Waals surface area contributed by atoms with Gasteiger partial charge in [-0.05, 0) is 61.6 Å². The molecule has 0 unspecified atom stereocenters. The number of nitrogens with one attached hydrogen (secondary N) is 2. The van der Waals surface area contributed by atoms with E-state index in [0.29, 0.717) is 23.2 Å². The number of aromatic nitrogens is 2. The topological polar surface area (TPSA) is 107 Å². The third-order valence-corrected chi connectivity index (χ3v) is 8.06. The highest BCUT2D eigenvalue weighted by atomic mass is 35.5. The predicted octanol–water partition coefficient (Wildman–Crippen LogP) is 5.37. The quantitative estimate of drug-likeness (QED) is 0.449. The van der Waals surface area contributed by atoms with Crippen LogP contribution in [-0.2, 0) is 15.0 Å². The van der Waals surface area contributed by atoms with Gasteiger partial charge in [-0.25, -0.2) is 4.98 Å². The van der Waals surface area contributed by atoms with Crippen molar-refractivity contribution in [3.05, 3.63) is 47.1 Å². The Hall–Kier alpha value is -3.13. The third-order valence-electron chi connectivity index (χ3n) is 7.78. The monoisotopic (exact) mass is 509 g/mol. The summed E-state index contributed by atoms with van der Waals surface area (Å²) in [6, 6.07) is 5.77. The van der Waals surface area contributed by atoms with Crippen molar-refractivity contribution in [2.24, 2.45) is 17.8 Å². The van der Waals surface area contributed by atoms with Gasteiger partial charge in [0.25, 0.3) is 0 Å². The number of nitrogens with zero attached hydrogens (tertiary/aromatic N) is 3. The van der Waals surface area contributed by atoms with Crippen LogP contribution in [0.15, 0.2) is 36.5 Å². The molecule has 0 saturated heterocycles. The fourth-order valence-electron chi connectivity index (χ4n) is 5.93. The minimum Gasteiger partial charge on any atom is -0.481 e. The van der Waals surface area contributed by atoms with E-state index in [4.69, 9.17) is 11.6 Å². The number of carbonyl (C=O) groups excluding carboxylic acids is 1. The summed E-state index contributed by atoms with van der Waals surface area (Å²) in [6.45, 7) is 8.39. The zero-order valence-electron chi connectivity index (χ0n) is 21.0. The lowest BCUT2D eigenvalue weighted by atomic mass is 9.80. The Labute approximate surface area is 216 Å². The Balaban J connectivity index is 1.43. The number of carbonyl (C=O) groups is 2. The molecule has 3 aliphatic rings. The van der Waals surface area contributed by atoms with Crippen molar-refractivity contribution in [3.63, 3.8) is 0 Å². The molecule has 2 heterocycles. The molecule has 5 rings (SSSR count). The van der Waals surface area contributed by atoms with Gasteiger partial charge < -0.3 is 20.6 Å². The van der Waals surface area contributed by atoms with E-state index in [1.807, 2.05) is 37.0 Å². The highest BCUT2D eigenvalue weighted by Crippen LogP contribution is 2.46. The van der Waals surface area contributed by atoms with E-state index in [0.717, 1.165) is 29.8 Å². The molecular weight excluding hydrogens is 478 g/mol. The Morgan fingerprint density at radius 2 is 2.00 bits per heavy atom. The summed E-state index contributed by atoms with van der Waals surface area (Å²) in [4.78, 5) is 35.6. The minimum absolute atomic E-state index is 0.0265. The molecule has 0 radical (unpaired) electrons. The molecule has 2 bridgehead atoms. The molecule has 0 spiro atoms. The Morgan fingerprint density at radius 3 is 2.72 bits per heavy atom. The van der Waals surface area contributed by atoms with Gasteiger partial charge >= 0.3 is 5.97 Å². The first-order valence-corrected chi connectivity index (χ1v) is 12.9. The number of aliphatic carboxylic acids is 1. The predicted molar refractivity (Wildman–Crippen MR) is 141 cm³/mol. The highest BCUT2D eigenvalue weighted by Gasteiger charge is 2.48. The lowest BCUT2D eigenvalue weighted by Crippen LogP contribution is -2.38. The van der Waals surface area contributed by atoms with Gasteiger partial charge in [0.1, 0.15) is 5.02 Å². The lowest BCUT2D eigenvalue weighted by Gasteiger charge is -2.30. The summed E-state index contributed by atoms with van der Waals surface area (Å²) >= 11 is 6.40. The summed E-state index contributed by atoms with van der Waals surface area (Å²) in [5.74, 6) is -0.315. The number of benzene rings is 1. The Morgan fingerprint density at radius 1 is 1.25 bits per heavy atom. The maximum Gasteiger partial charge on any atom is 0.309 e. The SMILES string of the molecule is CC(C)N1C(=O)CCC(C)(C)c2ccc(Nc3ncc(Cl)c(N[C@H]4[C@@H](C(=O)O)[C@@H]5C=C[C@H]4C5)n3)cc21. The maximum absolute atomic E-state index is 13.0. The number of anilines is 4. The molecule has 190 valence electrons. The molecule has 3 N–H and O–H groups in total. The van der Waals surface area contributed by atoms with Gasteiger partial charge in [0, 0.05) is 29.9 Å². The first-order valence-electron chi connectivity index (χ1n) is 12.5. The van der Waals surface area contributed by atoms with E-state index < -0.39 is 11.9 Å². The average molecular weight is 510 g/mol. The van der Waals surface area contributed by atoms with Crippen molar-refractivity contribution >= 4 is 46.6 Å². The van der Waals surface area contributed by atoms with E-state index in [2.05, 4.69) is 46.6 Å². The van der Waals surface area contributed by atoms with Gasteiger partial charge in [-0.2, -0.15) is 4.98 Å². The number of halogens is 1. The Bertz CT molecular complexity index is 1240.